The fourth-order valence-electron chi connectivity index (χ4n) is 3.08. The molecule has 0 radical (unpaired) electrons. The van der Waals surface area contributed by atoms with Crippen LogP contribution in [0.2, 0.25) is 0 Å². The van der Waals surface area contributed by atoms with Gasteiger partial charge in [0.25, 0.3) is 0 Å². The van der Waals surface area contributed by atoms with Crippen LogP contribution in [-0.2, 0) is 16.0 Å². The SMILES string of the molecule is COc1ccccc1C[C@H]1CCCN1C(=O)[C@H](C)NC(C)=O. The number of carbonyl (C=O) groups excluding carboxylic acids is 2. The van der Waals surface area contributed by atoms with E-state index in [0.29, 0.717) is 0 Å². The number of carbonyl (C=O) groups is 2. The summed E-state index contributed by atoms with van der Waals surface area (Å²) in [6.45, 7) is 3.92. The van der Waals surface area contributed by atoms with Crippen molar-refractivity contribution in [1.82, 2.24) is 10.2 Å². The van der Waals surface area contributed by atoms with E-state index < -0.39 is 6.04 Å². The molecule has 22 heavy (non-hydrogen) atoms. The molecular formula is C17H24N2O3. The molecule has 120 valence electrons. The molecule has 1 aromatic carbocycles. The number of para-hydroxylation sites is 1. The highest BCUT2D eigenvalue weighted by atomic mass is 16.5. The third-order valence-electron chi connectivity index (χ3n) is 4.10. The second-order valence-electron chi connectivity index (χ2n) is 5.77. The van der Waals surface area contributed by atoms with E-state index in [0.717, 1.165) is 37.1 Å². The van der Waals surface area contributed by atoms with Crippen LogP contribution in [0, 0.1) is 0 Å². The second kappa shape index (κ2) is 7.29. The maximum atomic E-state index is 12.5. The highest BCUT2D eigenvalue weighted by molar-refractivity contribution is 5.86. The zero-order valence-corrected chi connectivity index (χ0v) is 13.5. The number of amides is 2. The van der Waals surface area contributed by atoms with Gasteiger partial charge in [-0.15, -0.1) is 0 Å². The van der Waals surface area contributed by atoms with Crippen LogP contribution in [0.15, 0.2) is 24.3 Å². The van der Waals surface area contributed by atoms with Crippen LogP contribution in [0.4, 0.5) is 0 Å². The van der Waals surface area contributed by atoms with Crippen LogP contribution in [0.25, 0.3) is 0 Å². The first-order valence-electron chi connectivity index (χ1n) is 7.72. The molecule has 1 aromatic rings. The van der Waals surface area contributed by atoms with Crippen LogP contribution >= 0.6 is 0 Å². The van der Waals surface area contributed by atoms with E-state index >= 15 is 0 Å². The summed E-state index contributed by atoms with van der Waals surface area (Å²) >= 11 is 0. The average Bonchev–Trinajstić information content (AvgIpc) is 2.94. The normalized spacial score (nSPS) is 18.9. The fourth-order valence-corrected chi connectivity index (χ4v) is 3.08. The molecule has 1 saturated heterocycles. The van der Waals surface area contributed by atoms with Gasteiger partial charge in [-0.3, -0.25) is 9.59 Å². The molecule has 0 aromatic heterocycles. The maximum absolute atomic E-state index is 12.5. The van der Waals surface area contributed by atoms with Crippen molar-refractivity contribution in [1.29, 1.82) is 0 Å². The summed E-state index contributed by atoms with van der Waals surface area (Å²) in [4.78, 5) is 25.5. The molecule has 2 amide bonds. The predicted octanol–water partition coefficient (Wildman–Crippen LogP) is 1.75. The Bertz CT molecular complexity index is 544. The Morgan fingerprint density at radius 2 is 2.14 bits per heavy atom. The third-order valence-corrected chi connectivity index (χ3v) is 4.10. The Hall–Kier alpha value is -2.04. The summed E-state index contributed by atoms with van der Waals surface area (Å²) in [6, 6.07) is 7.60. The minimum absolute atomic E-state index is 0.00685. The van der Waals surface area contributed by atoms with Crippen molar-refractivity contribution < 1.29 is 14.3 Å². The molecule has 1 fully saturated rings. The summed E-state index contributed by atoms with van der Waals surface area (Å²) in [6.07, 6.45) is 2.76. The topological polar surface area (TPSA) is 58.6 Å². The molecular weight excluding hydrogens is 280 g/mol. The van der Waals surface area contributed by atoms with E-state index in [2.05, 4.69) is 5.32 Å². The molecule has 1 N–H and O–H groups in total. The number of hydrogen-bond acceptors (Lipinski definition) is 3. The van der Waals surface area contributed by atoms with Gasteiger partial charge in [-0.25, -0.2) is 0 Å². The molecule has 0 unspecified atom stereocenters. The lowest BCUT2D eigenvalue weighted by atomic mass is 10.0. The van der Waals surface area contributed by atoms with E-state index in [1.165, 1.54) is 6.92 Å². The van der Waals surface area contributed by atoms with Gasteiger partial charge in [0.05, 0.1) is 7.11 Å². The van der Waals surface area contributed by atoms with Gasteiger partial charge in [-0.2, -0.15) is 0 Å². The molecule has 1 heterocycles. The van der Waals surface area contributed by atoms with E-state index in [1.54, 1.807) is 14.0 Å². The molecule has 0 spiro atoms. The second-order valence-corrected chi connectivity index (χ2v) is 5.77. The van der Waals surface area contributed by atoms with Gasteiger partial charge in [-0.05, 0) is 37.8 Å². The number of methoxy groups -OCH3 is 1. The standard InChI is InChI=1S/C17H24N2O3/c1-12(18-13(2)20)17(21)19-10-6-8-15(19)11-14-7-4-5-9-16(14)22-3/h4-5,7,9,12,15H,6,8,10-11H2,1-3H3,(H,18,20)/t12-,15+/m0/s1. The first-order chi connectivity index (χ1) is 10.5. The molecule has 2 atom stereocenters. The molecule has 1 aliphatic heterocycles. The largest absolute Gasteiger partial charge is 0.496 e. The van der Waals surface area contributed by atoms with E-state index in [9.17, 15) is 9.59 Å². The maximum Gasteiger partial charge on any atom is 0.245 e. The number of nitrogens with one attached hydrogen (secondary N) is 1. The van der Waals surface area contributed by atoms with E-state index in [4.69, 9.17) is 4.74 Å². The number of benzene rings is 1. The Morgan fingerprint density at radius 1 is 1.41 bits per heavy atom. The van der Waals surface area contributed by atoms with Crippen molar-refractivity contribution in [3.05, 3.63) is 29.8 Å². The van der Waals surface area contributed by atoms with Crippen LogP contribution < -0.4 is 10.1 Å². The minimum atomic E-state index is -0.476. The van der Waals surface area contributed by atoms with Gasteiger partial charge in [-0.1, -0.05) is 18.2 Å². The monoisotopic (exact) mass is 304 g/mol. The minimum Gasteiger partial charge on any atom is -0.496 e. The number of nitrogens with zero attached hydrogens (tertiary/aromatic N) is 1. The molecule has 0 bridgehead atoms. The van der Waals surface area contributed by atoms with Crippen molar-refractivity contribution in [2.45, 2.75) is 45.2 Å². The Balaban J connectivity index is 2.07. The third kappa shape index (κ3) is 3.78. The van der Waals surface area contributed by atoms with Crippen LogP contribution in [0.3, 0.4) is 0 Å². The molecule has 2 rings (SSSR count). The number of rotatable bonds is 5. The lowest BCUT2D eigenvalue weighted by Gasteiger charge is -2.28. The smallest absolute Gasteiger partial charge is 0.245 e. The Morgan fingerprint density at radius 3 is 2.82 bits per heavy atom. The summed E-state index contributed by atoms with van der Waals surface area (Å²) < 4.78 is 5.39. The quantitative estimate of drug-likeness (QED) is 0.901. The van der Waals surface area contributed by atoms with Gasteiger partial charge >= 0.3 is 0 Å². The Labute approximate surface area is 131 Å². The lowest BCUT2D eigenvalue weighted by molar-refractivity contribution is -0.136. The lowest BCUT2D eigenvalue weighted by Crippen LogP contribution is -2.48. The summed E-state index contributed by atoms with van der Waals surface area (Å²) in [5.41, 5.74) is 1.11. The molecule has 5 nitrogen and oxygen atoms in total. The predicted molar refractivity (Wildman–Crippen MR) is 84.7 cm³/mol. The van der Waals surface area contributed by atoms with E-state index in [-0.39, 0.29) is 17.9 Å². The van der Waals surface area contributed by atoms with E-state index in [1.807, 2.05) is 29.2 Å². The average molecular weight is 304 g/mol. The van der Waals surface area contributed by atoms with Crippen LogP contribution in [-0.4, -0.2) is 42.5 Å². The molecule has 5 heteroatoms. The van der Waals surface area contributed by atoms with Crippen molar-refractivity contribution >= 4 is 11.8 Å². The van der Waals surface area contributed by atoms with Crippen LogP contribution in [0.5, 0.6) is 5.75 Å². The van der Waals surface area contributed by atoms with Gasteiger partial charge < -0.3 is 15.0 Å². The molecule has 0 aliphatic carbocycles. The number of likely N-dealkylation sites (tertiary alicyclic amines) is 1. The van der Waals surface area contributed by atoms with Gasteiger partial charge in [0.2, 0.25) is 11.8 Å². The van der Waals surface area contributed by atoms with Crippen molar-refractivity contribution in [2.75, 3.05) is 13.7 Å². The zero-order valence-electron chi connectivity index (χ0n) is 13.5. The fraction of sp³-hybridized carbons (Fsp3) is 0.529. The Kier molecular flexibility index (Phi) is 5.41. The van der Waals surface area contributed by atoms with Crippen LogP contribution in [0.1, 0.15) is 32.3 Å². The van der Waals surface area contributed by atoms with Gasteiger partial charge in [0, 0.05) is 19.5 Å². The molecule has 0 saturated carbocycles. The summed E-state index contributed by atoms with van der Waals surface area (Å²) in [5, 5.41) is 2.67. The highest BCUT2D eigenvalue weighted by Crippen LogP contribution is 2.26. The first kappa shape index (κ1) is 16.3. The summed E-state index contributed by atoms with van der Waals surface area (Å²) in [5.74, 6) is 0.672. The molecule has 1 aliphatic rings. The van der Waals surface area contributed by atoms with Crippen molar-refractivity contribution in [3.8, 4) is 5.75 Å². The van der Waals surface area contributed by atoms with Gasteiger partial charge in [0.1, 0.15) is 11.8 Å². The highest BCUT2D eigenvalue weighted by Gasteiger charge is 2.32. The first-order valence-corrected chi connectivity index (χ1v) is 7.72. The van der Waals surface area contributed by atoms with Crippen molar-refractivity contribution in [2.24, 2.45) is 0 Å². The van der Waals surface area contributed by atoms with Crippen molar-refractivity contribution in [3.63, 3.8) is 0 Å². The number of hydrogen-bond donors (Lipinski definition) is 1. The summed E-state index contributed by atoms with van der Waals surface area (Å²) in [7, 11) is 1.66. The number of ether oxygens (including phenoxy) is 1. The zero-order chi connectivity index (χ0) is 16.1. The van der Waals surface area contributed by atoms with Gasteiger partial charge in [0.15, 0.2) is 0 Å².